The molecule has 0 aliphatic carbocycles. The number of hydrogen-bond donors (Lipinski definition) is 2. The maximum atomic E-state index is 13.3. The molecule has 15 heteroatoms. The number of carbonyl (C=O) groups is 6. The second-order valence-electron chi connectivity index (χ2n) is 9.41. The van der Waals surface area contributed by atoms with Gasteiger partial charge in [-0.15, -0.1) is 0 Å². The maximum Gasteiger partial charge on any atom is 0.349 e. The highest BCUT2D eigenvalue weighted by atomic mass is 32.2. The molecule has 0 spiro atoms. The fraction of sp³-hybridized carbons (Fsp3) is 0.556. The van der Waals surface area contributed by atoms with Gasteiger partial charge in [0, 0.05) is 39.0 Å². The van der Waals surface area contributed by atoms with Crippen LogP contribution in [-0.4, -0.2) is 96.6 Å². The number of esters is 5. The minimum absolute atomic E-state index is 0.414. The van der Waals surface area contributed by atoms with Crippen molar-refractivity contribution in [3.63, 3.8) is 0 Å². The van der Waals surface area contributed by atoms with E-state index in [0.29, 0.717) is 4.90 Å². The molecule has 1 fully saturated rings. The monoisotopic (exact) mass is 613 g/mol. The summed E-state index contributed by atoms with van der Waals surface area (Å²) in [5.74, 6) is -4.98. The van der Waals surface area contributed by atoms with Gasteiger partial charge in [-0.25, -0.2) is 4.79 Å². The van der Waals surface area contributed by atoms with Crippen molar-refractivity contribution in [3.8, 4) is 0 Å². The molecule has 6 atom stereocenters. The molecule has 1 aromatic carbocycles. The van der Waals surface area contributed by atoms with Gasteiger partial charge in [0.15, 0.2) is 18.8 Å². The van der Waals surface area contributed by atoms with Crippen LogP contribution in [0.15, 0.2) is 29.2 Å². The van der Waals surface area contributed by atoms with Gasteiger partial charge in [0.2, 0.25) is 4.93 Å². The first kappa shape index (κ1) is 34.5. The van der Waals surface area contributed by atoms with E-state index in [2.05, 4.69) is 5.32 Å². The Labute approximate surface area is 246 Å². The fourth-order valence-corrected chi connectivity index (χ4v) is 5.39. The van der Waals surface area contributed by atoms with Crippen LogP contribution in [0.5, 0.6) is 0 Å². The van der Waals surface area contributed by atoms with Gasteiger partial charge in [0.05, 0.1) is 19.3 Å². The number of ether oxygens (including phenoxy) is 6. The molecular formula is C27H35NO13S. The standard InChI is InChI=1S/C27H35NO13S/c1-14-7-9-19(10-8-14)42-27(26(35)36-6)11-20(33)23(28-22(34)13-38-16(3)30)25(41-27)24(40-18(5)32)21(39-17(4)31)12-37-15(2)29/h7-10,20-21,23-25,33H,11-13H2,1-6H3,(H,28,34)/t20-,21+,23+,24+,25+,27+/m0/s1. The van der Waals surface area contributed by atoms with Crippen molar-refractivity contribution in [2.24, 2.45) is 0 Å². The van der Waals surface area contributed by atoms with Gasteiger partial charge in [-0.3, -0.25) is 24.0 Å². The molecule has 2 rings (SSSR count). The van der Waals surface area contributed by atoms with Crippen LogP contribution in [0.25, 0.3) is 0 Å². The second-order valence-corrected chi connectivity index (χ2v) is 10.7. The molecule has 0 saturated carbocycles. The Morgan fingerprint density at radius 2 is 1.57 bits per heavy atom. The van der Waals surface area contributed by atoms with E-state index in [0.717, 1.165) is 52.1 Å². The van der Waals surface area contributed by atoms with E-state index in [1.165, 1.54) is 0 Å². The van der Waals surface area contributed by atoms with Gasteiger partial charge < -0.3 is 38.8 Å². The van der Waals surface area contributed by atoms with Crippen molar-refractivity contribution >= 4 is 47.5 Å². The Balaban J connectivity index is 2.66. The van der Waals surface area contributed by atoms with Crippen LogP contribution in [0.1, 0.15) is 39.7 Å². The van der Waals surface area contributed by atoms with Crippen LogP contribution in [0, 0.1) is 6.92 Å². The summed E-state index contributed by atoms with van der Waals surface area (Å²) in [6, 6.07) is 5.60. The first-order valence-corrected chi connectivity index (χ1v) is 13.6. The highest BCUT2D eigenvalue weighted by Gasteiger charge is 2.57. The highest BCUT2D eigenvalue weighted by Crippen LogP contribution is 2.45. The quantitative estimate of drug-likeness (QED) is 0.246. The molecule has 1 aliphatic heterocycles. The van der Waals surface area contributed by atoms with Crippen molar-refractivity contribution in [3.05, 3.63) is 29.8 Å². The number of rotatable bonds is 12. The number of amides is 1. The molecule has 1 saturated heterocycles. The van der Waals surface area contributed by atoms with Crippen molar-refractivity contribution < 1.29 is 62.3 Å². The summed E-state index contributed by atoms with van der Waals surface area (Å²) >= 11 is 0.904. The summed E-state index contributed by atoms with van der Waals surface area (Å²) in [5.41, 5.74) is 0.939. The fourth-order valence-electron chi connectivity index (χ4n) is 4.15. The third kappa shape index (κ3) is 9.99. The molecule has 0 bridgehead atoms. The van der Waals surface area contributed by atoms with Crippen molar-refractivity contribution in [1.29, 1.82) is 0 Å². The van der Waals surface area contributed by atoms with Gasteiger partial charge in [0.25, 0.3) is 5.91 Å². The Bertz CT molecular complexity index is 1160. The first-order chi connectivity index (χ1) is 19.7. The number of methoxy groups -OCH3 is 1. The lowest BCUT2D eigenvalue weighted by atomic mass is 9.89. The van der Waals surface area contributed by atoms with E-state index >= 15 is 0 Å². The Morgan fingerprint density at radius 3 is 2.10 bits per heavy atom. The molecule has 1 heterocycles. The molecular weight excluding hydrogens is 578 g/mol. The SMILES string of the molecule is COC(=O)[C@]1(Sc2ccc(C)cc2)C[C@H](O)[C@@H](NC(=O)COC(C)=O)[C@H]([C@H](OC(C)=O)[C@@H](COC(C)=O)OC(C)=O)O1. The number of aryl methyl sites for hydroxylation is 1. The zero-order valence-electron chi connectivity index (χ0n) is 24.1. The molecule has 0 radical (unpaired) electrons. The Hall–Kier alpha value is -3.69. The average molecular weight is 614 g/mol. The van der Waals surface area contributed by atoms with Gasteiger partial charge in [-0.2, -0.15) is 0 Å². The van der Waals surface area contributed by atoms with E-state index in [-0.39, 0.29) is 0 Å². The van der Waals surface area contributed by atoms with Gasteiger partial charge in [-0.05, 0) is 19.1 Å². The van der Waals surface area contributed by atoms with Crippen LogP contribution in [0.3, 0.4) is 0 Å². The zero-order chi connectivity index (χ0) is 31.6. The number of nitrogens with one attached hydrogen (secondary N) is 1. The molecule has 14 nitrogen and oxygen atoms in total. The van der Waals surface area contributed by atoms with Crippen LogP contribution in [-0.2, 0) is 57.2 Å². The second kappa shape index (κ2) is 15.5. The zero-order valence-corrected chi connectivity index (χ0v) is 24.9. The van der Waals surface area contributed by atoms with Crippen LogP contribution < -0.4 is 5.32 Å². The van der Waals surface area contributed by atoms with Crippen molar-refractivity contribution in [1.82, 2.24) is 5.32 Å². The number of benzene rings is 1. The van der Waals surface area contributed by atoms with E-state index < -0.39 is 90.8 Å². The van der Waals surface area contributed by atoms with Gasteiger partial charge in [-0.1, -0.05) is 29.5 Å². The third-order valence-corrected chi connectivity index (χ3v) is 7.13. The summed E-state index contributed by atoms with van der Waals surface area (Å²) in [4.78, 5) is 71.6. The van der Waals surface area contributed by atoms with E-state index in [9.17, 15) is 33.9 Å². The minimum atomic E-state index is -1.95. The largest absolute Gasteiger partial charge is 0.466 e. The average Bonchev–Trinajstić information content (AvgIpc) is 2.90. The smallest absolute Gasteiger partial charge is 0.349 e. The Kier molecular flexibility index (Phi) is 12.7. The molecule has 1 aromatic rings. The summed E-state index contributed by atoms with van der Waals surface area (Å²) in [6.07, 6.45) is -6.70. The van der Waals surface area contributed by atoms with Crippen LogP contribution >= 0.6 is 11.8 Å². The lowest BCUT2D eigenvalue weighted by Crippen LogP contribution is -2.67. The Morgan fingerprint density at radius 1 is 0.976 bits per heavy atom. The van der Waals surface area contributed by atoms with Gasteiger partial charge >= 0.3 is 29.8 Å². The molecule has 232 valence electrons. The number of aliphatic hydroxyl groups is 1. The first-order valence-electron chi connectivity index (χ1n) is 12.8. The number of carbonyl (C=O) groups excluding carboxylic acids is 6. The molecule has 42 heavy (non-hydrogen) atoms. The van der Waals surface area contributed by atoms with Crippen LogP contribution in [0.2, 0.25) is 0 Å². The lowest BCUT2D eigenvalue weighted by Gasteiger charge is -2.47. The minimum Gasteiger partial charge on any atom is -0.466 e. The predicted molar refractivity (Wildman–Crippen MR) is 144 cm³/mol. The summed E-state index contributed by atoms with van der Waals surface area (Å²) < 4.78 is 31.9. The molecule has 2 N–H and O–H groups in total. The van der Waals surface area contributed by atoms with E-state index in [4.69, 9.17) is 28.4 Å². The topological polar surface area (TPSA) is 190 Å². The van der Waals surface area contributed by atoms with Crippen molar-refractivity contribution in [2.75, 3.05) is 20.3 Å². The molecule has 0 aromatic heterocycles. The summed E-state index contributed by atoms with van der Waals surface area (Å²) in [6.45, 7) is 4.85. The molecule has 1 aliphatic rings. The number of thioether (sulfide) groups is 1. The summed E-state index contributed by atoms with van der Waals surface area (Å²) in [5, 5.41) is 13.9. The molecule has 0 unspecified atom stereocenters. The lowest BCUT2D eigenvalue weighted by molar-refractivity contribution is -0.220. The normalized spacial score (nSPS) is 23.0. The van der Waals surface area contributed by atoms with E-state index in [1.54, 1.807) is 24.3 Å². The van der Waals surface area contributed by atoms with E-state index in [1.807, 2.05) is 6.92 Å². The van der Waals surface area contributed by atoms with Crippen molar-refractivity contribution in [2.45, 2.75) is 81.3 Å². The predicted octanol–water partition coefficient (Wildman–Crippen LogP) is 0.581. The highest BCUT2D eigenvalue weighted by molar-refractivity contribution is 8.01. The number of aliphatic hydroxyl groups excluding tert-OH is 1. The molecule has 1 amide bonds. The number of hydrogen-bond acceptors (Lipinski definition) is 14. The van der Waals surface area contributed by atoms with Crippen LogP contribution in [0.4, 0.5) is 0 Å². The summed E-state index contributed by atoms with van der Waals surface area (Å²) in [7, 11) is 1.11. The maximum absolute atomic E-state index is 13.3. The third-order valence-electron chi connectivity index (χ3n) is 5.87. The van der Waals surface area contributed by atoms with Gasteiger partial charge in [0.1, 0.15) is 12.7 Å².